The van der Waals surface area contributed by atoms with Gasteiger partial charge in [0.05, 0.1) is 23.7 Å². The van der Waals surface area contributed by atoms with Crippen molar-refractivity contribution < 1.29 is 9.53 Å². The fourth-order valence-electron chi connectivity index (χ4n) is 1.73. The number of hydrogen-bond acceptors (Lipinski definition) is 4. The van der Waals surface area contributed by atoms with E-state index < -0.39 is 6.09 Å². The molecule has 19 heavy (non-hydrogen) atoms. The Hall–Kier alpha value is -2.08. The standard InChI is InChI=1S/C13H18N4O2/c1-8(2)19-13(18)15-7-12-16-10-4-3-9(6-14)5-11(10)17-12/h3-5,8H,6-7,14H2,1-2H3,(H,15,18)(H,16,17). The Labute approximate surface area is 111 Å². The van der Waals surface area contributed by atoms with Crippen LogP contribution in [-0.4, -0.2) is 22.2 Å². The van der Waals surface area contributed by atoms with Gasteiger partial charge in [0, 0.05) is 6.54 Å². The molecule has 6 nitrogen and oxygen atoms in total. The molecule has 1 heterocycles. The second-order valence-corrected chi connectivity index (χ2v) is 4.55. The number of nitrogens with zero attached hydrogens (tertiary/aromatic N) is 1. The highest BCUT2D eigenvalue weighted by Gasteiger charge is 2.07. The number of carbonyl (C=O) groups excluding carboxylic acids is 1. The van der Waals surface area contributed by atoms with Crippen molar-refractivity contribution >= 4 is 17.1 Å². The molecule has 2 rings (SSSR count). The number of ether oxygens (including phenoxy) is 1. The first kappa shape index (κ1) is 13.4. The zero-order valence-electron chi connectivity index (χ0n) is 11.1. The van der Waals surface area contributed by atoms with Gasteiger partial charge in [0.2, 0.25) is 0 Å². The lowest BCUT2D eigenvalue weighted by molar-refractivity contribution is 0.115. The normalized spacial score (nSPS) is 10.9. The molecule has 0 atom stereocenters. The second-order valence-electron chi connectivity index (χ2n) is 4.55. The second kappa shape index (κ2) is 5.71. The minimum absolute atomic E-state index is 0.136. The topological polar surface area (TPSA) is 93.0 Å². The first-order valence-electron chi connectivity index (χ1n) is 6.20. The number of benzene rings is 1. The summed E-state index contributed by atoms with van der Waals surface area (Å²) >= 11 is 0. The van der Waals surface area contributed by atoms with Crippen molar-refractivity contribution in [3.63, 3.8) is 0 Å². The van der Waals surface area contributed by atoms with Crippen LogP contribution < -0.4 is 11.1 Å². The van der Waals surface area contributed by atoms with Crippen LogP contribution in [0.4, 0.5) is 4.79 Å². The van der Waals surface area contributed by atoms with E-state index in [-0.39, 0.29) is 6.10 Å². The first-order valence-corrected chi connectivity index (χ1v) is 6.20. The Morgan fingerprint density at radius 2 is 2.32 bits per heavy atom. The zero-order chi connectivity index (χ0) is 13.8. The summed E-state index contributed by atoms with van der Waals surface area (Å²) in [5.74, 6) is 0.685. The van der Waals surface area contributed by atoms with Crippen LogP contribution in [0.15, 0.2) is 18.2 Å². The number of alkyl carbamates (subject to hydrolysis) is 1. The number of aromatic amines is 1. The molecule has 0 aliphatic heterocycles. The number of rotatable bonds is 4. The SMILES string of the molecule is CC(C)OC(=O)NCc1nc2ccc(CN)cc2[nH]1. The van der Waals surface area contributed by atoms with Gasteiger partial charge >= 0.3 is 6.09 Å². The van der Waals surface area contributed by atoms with Crippen LogP contribution in [0.5, 0.6) is 0 Å². The van der Waals surface area contributed by atoms with E-state index in [1.165, 1.54) is 0 Å². The lowest BCUT2D eigenvalue weighted by Crippen LogP contribution is -2.26. The summed E-state index contributed by atoms with van der Waals surface area (Å²) in [6.07, 6.45) is -0.583. The molecule has 102 valence electrons. The molecule has 0 fully saturated rings. The Morgan fingerprint density at radius 1 is 1.53 bits per heavy atom. The van der Waals surface area contributed by atoms with Gasteiger partial charge in [-0.2, -0.15) is 0 Å². The van der Waals surface area contributed by atoms with E-state index >= 15 is 0 Å². The summed E-state index contributed by atoms with van der Waals surface area (Å²) in [5, 5.41) is 2.64. The third-order valence-corrected chi connectivity index (χ3v) is 2.57. The third-order valence-electron chi connectivity index (χ3n) is 2.57. The monoisotopic (exact) mass is 262 g/mol. The Bertz CT molecular complexity index is 577. The number of hydrogen-bond donors (Lipinski definition) is 3. The van der Waals surface area contributed by atoms with Gasteiger partial charge < -0.3 is 20.8 Å². The van der Waals surface area contributed by atoms with Crippen LogP contribution in [0.1, 0.15) is 25.2 Å². The van der Waals surface area contributed by atoms with Crippen LogP contribution >= 0.6 is 0 Å². The van der Waals surface area contributed by atoms with Gasteiger partial charge in [-0.25, -0.2) is 9.78 Å². The first-order chi connectivity index (χ1) is 9.08. The Morgan fingerprint density at radius 3 is 3.00 bits per heavy atom. The molecular formula is C13H18N4O2. The average Bonchev–Trinajstić information content (AvgIpc) is 2.77. The van der Waals surface area contributed by atoms with E-state index in [1.807, 2.05) is 18.2 Å². The van der Waals surface area contributed by atoms with Crippen molar-refractivity contribution in [1.82, 2.24) is 15.3 Å². The molecular weight excluding hydrogens is 244 g/mol. The molecule has 0 radical (unpaired) electrons. The van der Waals surface area contributed by atoms with Crippen LogP contribution in [0.2, 0.25) is 0 Å². The molecule has 0 saturated carbocycles. The van der Waals surface area contributed by atoms with E-state index in [2.05, 4.69) is 15.3 Å². The predicted octanol–water partition coefficient (Wildman–Crippen LogP) is 1.66. The van der Waals surface area contributed by atoms with E-state index in [9.17, 15) is 4.79 Å². The highest BCUT2D eigenvalue weighted by atomic mass is 16.6. The molecule has 1 aromatic heterocycles. The highest BCUT2D eigenvalue weighted by molar-refractivity contribution is 5.76. The molecule has 4 N–H and O–H groups in total. The molecule has 0 unspecified atom stereocenters. The number of nitrogens with two attached hydrogens (primary N) is 1. The van der Waals surface area contributed by atoms with Crippen LogP contribution in [-0.2, 0) is 17.8 Å². The molecule has 0 saturated heterocycles. The molecule has 0 aliphatic carbocycles. The molecule has 0 bridgehead atoms. The predicted molar refractivity (Wildman–Crippen MR) is 72.4 cm³/mol. The maximum Gasteiger partial charge on any atom is 0.407 e. The largest absolute Gasteiger partial charge is 0.447 e. The molecule has 0 spiro atoms. The van der Waals surface area contributed by atoms with Crippen LogP contribution in [0.3, 0.4) is 0 Å². The smallest absolute Gasteiger partial charge is 0.407 e. The van der Waals surface area contributed by atoms with Crippen molar-refractivity contribution in [3.8, 4) is 0 Å². The summed E-state index contributed by atoms with van der Waals surface area (Å²) in [4.78, 5) is 18.9. The average molecular weight is 262 g/mol. The van der Waals surface area contributed by atoms with Crippen LogP contribution in [0, 0.1) is 0 Å². The molecule has 0 aliphatic rings. The molecule has 6 heteroatoms. The maximum atomic E-state index is 11.4. The summed E-state index contributed by atoms with van der Waals surface area (Å²) < 4.78 is 4.97. The number of carbonyl (C=O) groups is 1. The van der Waals surface area contributed by atoms with Gasteiger partial charge in [0.25, 0.3) is 0 Å². The lowest BCUT2D eigenvalue weighted by atomic mass is 10.2. The summed E-state index contributed by atoms with van der Waals surface area (Å²) in [7, 11) is 0. The summed E-state index contributed by atoms with van der Waals surface area (Å²) in [6.45, 7) is 4.39. The van der Waals surface area contributed by atoms with E-state index in [4.69, 9.17) is 10.5 Å². The highest BCUT2D eigenvalue weighted by Crippen LogP contribution is 2.13. The maximum absolute atomic E-state index is 11.4. The number of H-pyrrole nitrogens is 1. The fourth-order valence-corrected chi connectivity index (χ4v) is 1.73. The Kier molecular flexibility index (Phi) is 4.01. The molecule has 1 amide bonds. The zero-order valence-corrected chi connectivity index (χ0v) is 11.1. The minimum Gasteiger partial charge on any atom is -0.447 e. The van der Waals surface area contributed by atoms with Crippen molar-refractivity contribution in [2.75, 3.05) is 0 Å². The fraction of sp³-hybridized carbons (Fsp3) is 0.385. The van der Waals surface area contributed by atoms with Crippen molar-refractivity contribution in [1.29, 1.82) is 0 Å². The number of aromatic nitrogens is 2. The molecule has 2 aromatic rings. The van der Waals surface area contributed by atoms with Gasteiger partial charge in [0.1, 0.15) is 5.82 Å². The lowest BCUT2D eigenvalue weighted by Gasteiger charge is -2.07. The third kappa shape index (κ3) is 3.45. The van der Waals surface area contributed by atoms with Crippen molar-refractivity contribution in [2.45, 2.75) is 33.0 Å². The number of nitrogens with one attached hydrogen (secondary N) is 2. The van der Waals surface area contributed by atoms with Gasteiger partial charge in [-0.05, 0) is 31.5 Å². The van der Waals surface area contributed by atoms with E-state index in [0.717, 1.165) is 16.6 Å². The number of fused-ring (bicyclic) bond motifs is 1. The van der Waals surface area contributed by atoms with Crippen LogP contribution in [0.25, 0.3) is 11.0 Å². The van der Waals surface area contributed by atoms with Gasteiger partial charge in [0.15, 0.2) is 0 Å². The quantitative estimate of drug-likeness (QED) is 0.781. The van der Waals surface area contributed by atoms with Gasteiger partial charge in [-0.1, -0.05) is 6.07 Å². The van der Waals surface area contributed by atoms with Crippen molar-refractivity contribution in [2.24, 2.45) is 5.73 Å². The van der Waals surface area contributed by atoms with Gasteiger partial charge in [-0.15, -0.1) is 0 Å². The number of amides is 1. The molecule has 1 aromatic carbocycles. The van der Waals surface area contributed by atoms with Crippen molar-refractivity contribution in [3.05, 3.63) is 29.6 Å². The Balaban J connectivity index is 2.03. The minimum atomic E-state index is -0.446. The summed E-state index contributed by atoms with van der Waals surface area (Å²) in [6, 6.07) is 5.80. The van der Waals surface area contributed by atoms with Gasteiger partial charge in [-0.3, -0.25) is 0 Å². The van der Waals surface area contributed by atoms with E-state index in [0.29, 0.717) is 18.9 Å². The van der Waals surface area contributed by atoms with E-state index in [1.54, 1.807) is 13.8 Å². The summed E-state index contributed by atoms with van der Waals surface area (Å²) in [5.41, 5.74) is 8.39. The number of imidazole rings is 1.